The molecule has 1 unspecified atom stereocenters. The van der Waals surface area contributed by atoms with Gasteiger partial charge in [0.1, 0.15) is 0 Å². The van der Waals surface area contributed by atoms with Gasteiger partial charge in [-0.1, -0.05) is 38.8 Å². The Balaban J connectivity index is 1.96. The van der Waals surface area contributed by atoms with Crippen LogP contribution in [0, 0.1) is 0 Å². The van der Waals surface area contributed by atoms with E-state index in [0.717, 1.165) is 6.54 Å². The average molecular weight is 303 g/mol. The van der Waals surface area contributed by atoms with Crippen LogP contribution in [-0.2, 0) is 12.8 Å². The molecular formula is C20H34N2. The summed E-state index contributed by atoms with van der Waals surface area (Å²) in [4.78, 5) is 2.70. The van der Waals surface area contributed by atoms with E-state index in [1.54, 1.807) is 0 Å². The van der Waals surface area contributed by atoms with Gasteiger partial charge in [-0.25, -0.2) is 0 Å². The van der Waals surface area contributed by atoms with Crippen molar-refractivity contribution in [1.82, 2.24) is 4.90 Å². The fourth-order valence-electron chi connectivity index (χ4n) is 3.40. The Kier molecular flexibility index (Phi) is 7.24. The fraction of sp³-hybridized carbons (Fsp3) is 0.700. The highest BCUT2D eigenvalue weighted by molar-refractivity contribution is 5.54. The number of aryl methyl sites for hydroxylation is 1. The number of anilines is 1. The highest BCUT2D eigenvalue weighted by Gasteiger charge is 2.15. The number of hydrogen-bond acceptors (Lipinski definition) is 2. The van der Waals surface area contributed by atoms with Gasteiger partial charge >= 0.3 is 0 Å². The molecule has 0 amide bonds. The Hall–Kier alpha value is -1.02. The SMILES string of the molecule is CCCCN(CCCC)C(C)Cc1ccc2c(c1)CCCN2. The minimum absolute atomic E-state index is 0.646. The van der Waals surface area contributed by atoms with E-state index in [1.807, 2.05) is 0 Å². The van der Waals surface area contributed by atoms with Gasteiger partial charge in [-0.15, -0.1) is 0 Å². The number of unbranched alkanes of at least 4 members (excludes halogenated alkanes) is 2. The number of rotatable bonds is 9. The van der Waals surface area contributed by atoms with Crippen LogP contribution >= 0.6 is 0 Å². The summed E-state index contributed by atoms with van der Waals surface area (Å²) in [7, 11) is 0. The number of fused-ring (bicyclic) bond motifs is 1. The molecular weight excluding hydrogens is 268 g/mol. The zero-order chi connectivity index (χ0) is 15.8. The van der Waals surface area contributed by atoms with E-state index in [4.69, 9.17) is 0 Å². The van der Waals surface area contributed by atoms with Gasteiger partial charge in [0.15, 0.2) is 0 Å². The largest absolute Gasteiger partial charge is 0.385 e. The molecule has 1 aliphatic heterocycles. The van der Waals surface area contributed by atoms with E-state index in [1.165, 1.54) is 74.8 Å². The summed E-state index contributed by atoms with van der Waals surface area (Å²) in [5, 5.41) is 3.51. The van der Waals surface area contributed by atoms with Crippen LogP contribution in [0.4, 0.5) is 5.69 Å². The molecule has 1 aliphatic rings. The van der Waals surface area contributed by atoms with E-state index in [0.29, 0.717) is 6.04 Å². The minimum Gasteiger partial charge on any atom is -0.385 e. The van der Waals surface area contributed by atoms with E-state index in [-0.39, 0.29) is 0 Å². The molecule has 1 atom stereocenters. The van der Waals surface area contributed by atoms with E-state index >= 15 is 0 Å². The molecule has 0 aliphatic carbocycles. The van der Waals surface area contributed by atoms with Crippen molar-refractivity contribution in [2.24, 2.45) is 0 Å². The van der Waals surface area contributed by atoms with Crippen LogP contribution in [0.25, 0.3) is 0 Å². The second-order valence-electron chi connectivity index (χ2n) is 6.82. The average Bonchev–Trinajstić information content (AvgIpc) is 2.54. The lowest BCUT2D eigenvalue weighted by atomic mass is 9.97. The van der Waals surface area contributed by atoms with E-state index < -0.39 is 0 Å². The van der Waals surface area contributed by atoms with Crippen molar-refractivity contribution < 1.29 is 0 Å². The molecule has 124 valence electrons. The summed E-state index contributed by atoms with van der Waals surface area (Å²) in [6.45, 7) is 10.6. The maximum Gasteiger partial charge on any atom is 0.0372 e. The summed E-state index contributed by atoms with van der Waals surface area (Å²) < 4.78 is 0. The van der Waals surface area contributed by atoms with Crippen molar-refractivity contribution >= 4 is 5.69 Å². The van der Waals surface area contributed by atoms with Gasteiger partial charge in [-0.3, -0.25) is 0 Å². The molecule has 2 heteroatoms. The van der Waals surface area contributed by atoms with Crippen LogP contribution in [0.1, 0.15) is 64.0 Å². The Morgan fingerprint density at radius 2 is 1.86 bits per heavy atom. The standard InChI is InChI=1S/C20H34N2/c1-4-6-13-22(14-7-5-2)17(3)15-18-10-11-20-19(16-18)9-8-12-21-20/h10-11,16-17,21H,4-9,12-15H2,1-3H3. The van der Waals surface area contributed by atoms with Crippen LogP contribution in [0.3, 0.4) is 0 Å². The number of nitrogens with one attached hydrogen (secondary N) is 1. The van der Waals surface area contributed by atoms with Gasteiger partial charge < -0.3 is 10.2 Å². The monoisotopic (exact) mass is 302 g/mol. The van der Waals surface area contributed by atoms with Crippen LogP contribution in [0.15, 0.2) is 18.2 Å². The molecule has 1 N–H and O–H groups in total. The molecule has 0 fully saturated rings. The Morgan fingerprint density at radius 1 is 1.14 bits per heavy atom. The molecule has 1 heterocycles. The third-order valence-electron chi connectivity index (χ3n) is 4.86. The van der Waals surface area contributed by atoms with Gasteiger partial charge in [-0.05, 0) is 69.3 Å². The second-order valence-corrected chi connectivity index (χ2v) is 6.82. The summed E-state index contributed by atoms with van der Waals surface area (Å²) in [6.07, 6.45) is 8.91. The molecule has 1 aromatic carbocycles. The summed E-state index contributed by atoms with van der Waals surface area (Å²) in [5.74, 6) is 0. The van der Waals surface area contributed by atoms with Crippen molar-refractivity contribution in [1.29, 1.82) is 0 Å². The smallest absolute Gasteiger partial charge is 0.0372 e. The van der Waals surface area contributed by atoms with Crippen molar-refractivity contribution in [3.8, 4) is 0 Å². The molecule has 0 saturated carbocycles. The topological polar surface area (TPSA) is 15.3 Å². The predicted octanol–water partition coefficient (Wildman–Crippen LogP) is 4.88. The first kappa shape index (κ1) is 17.3. The zero-order valence-electron chi connectivity index (χ0n) is 14.8. The summed E-state index contributed by atoms with van der Waals surface area (Å²) in [5.41, 5.74) is 4.38. The highest BCUT2D eigenvalue weighted by atomic mass is 15.1. The third kappa shape index (κ3) is 5.01. The maximum atomic E-state index is 3.51. The molecule has 0 bridgehead atoms. The van der Waals surface area contributed by atoms with Gasteiger partial charge in [0.2, 0.25) is 0 Å². The Morgan fingerprint density at radius 3 is 2.55 bits per heavy atom. The molecule has 2 rings (SSSR count). The summed E-state index contributed by atoms with van der Waals surface area (Å²) in [6, 6.07) is 7.70. The second kappa shape index (κ2) is 9.19. The molecule has 1 aromatic rings. The van der Waals surface area contributed by atoms with Gasteiger partial charge in [0.25, 0.3) is 0 Å². The Bertz CT molecular complexity index is 433. The third-order valence-corrected chi connectivity index (χ3v) is 4.86. The van der Waals surface area contributed by atoms with Crippen LogP contribution < -0.4 is 5.32 Å². The predicted molar refractivity (Wildman–Crippen MR) is 97.8 cm³/mol. The zero-order valence-corrected chi connectivity index (χ0v) is 14.8. The summed E-state index contributed by atoms with van der Waals surface area (Å²) >= 11 is 0. The van der Waals surface area contributed by atoms with E-state index in [2.05, 4.69) is 49.2 Å². The van der Waals surface area contributed by atoms with Crippen molar-refractivity contribution in [2.75, 3.05) is 25.0 Å². The van der Waals surface area contributed by atoms with Gasteiger partial charge in [0, 0.05) is 18.3 Å². The molecule has 0 aromatic heterocycles. The number of benzene rings is 1. The van der Waals surface area contributed by atoms with Crippen LogP contribution in [-0.4, -0.2) is 30.6 Å². The fourth-order valence-corrected chi connectivity index (χ4v) is 3.40. The molecule has 22 heavy (non-hydrogen) atoms. The normalized spacial score (nSPS) is 15.5. The van der Waals surface area contributed by atoms with Crippen LogP contribution in [0.5, 0.6) is 0 Å². The number of hydrogen-bond donors (Lipinski definition) is 1. The highest BCUT2D eigenvalue weighted by Crippen LogP contribution is 2.24. The minimum atomic E-state index is 0.646. The first-order valence-corrected chi connectivity index (χ1v) is 9.34. The van der Waals surface area contributed by atoms with E-state index in [9.17, 15) is 0 Å². The maximum absolute atomic E-state index is 3.51. The van der Waals surface area contributed by atoms with Crippen molar-refractivity contribution in [2.45, 2.75) is 71.8 Å². The first-order valence-electron chi connectivity index (χ1n) is 9.34. The molecule has 0 spiro atoms. The lowest BCUT2D eigenvalue weighted by Gasteiger charge is -2.29. The van der Waals surface area contributed by atoms with Gasteiger partial charge in [-0.2, -0.15) is 0 Å². The lowest BCUT2D eigenvalue weighted by molar-refractivity contribution is 0.201. The van der Waals surface area contributed by atoms with Crippen molar-refractivity contribution in [3.05, 3.63) is 29.3 Å². The number of nitrogens with zero attached hydrogens (tertiary/aromatic N) is 1. The molecule has 0 saturated heterocycles. The lowest BCUT2D eigenvalue weighted by Crippen LogP contribution is -2.36. The molecule has 0 radical (unpaired) electrons. The van der Waals surface area contributed by atoms with Crippen molar-refractivity contribution in [3.63, 3.8) is 0 Å². The van der Waals surface area contributed by atoms with Crippen LogP contribution in [0.2, 0.25) is 0 Å². The first-order chi connectivity index (χ1) is 10.7. The molecule has 2 nitrogen and oxygen atoms in total. The van der Waals surface area contributed by atoms with Gasteiger partial charge in [0.05, 0.1) is 0 Å². The Labute approximate surface area is 137 Å². The quantitative estimate of drug-likeness (QED) is 0.699.